The van der Waals surface area contributed by atoms with Gasteiger partial charge in [-0.05, 0) is 50.2 Å². The SMILES string of the molecule is CCN(CC)c1cc2c(cc1NC(=O)c1ccc(F)cc1)n(C)c(=O)c(=O)n2C. The van der Waals surface area contributed by atoms with Gasteiger partial charge in [-0.3, -0.25) is 14.4 Å². The molecule has 0 spiro atoms. The van der Waals surface area contributed by atoms with Crippen molar-refractivity contribution in [2.24, 2.45) is 14.1 Å². The number of aryl methyl sites for hydroxylation is 2. The van der Waals surface area contributed by atoms with Gasteiger partial charge in [0.1, 0.15) is 5.82 Å². The van der Waals surface area contributed by atoms with Crippen molar-refractivity contribution in [3.05, 3.63) is 68.5 Å². The van der Waals surface area contributed by atoms with Crippen LogP contribution in [0, 0.1) is 5.82 Å². The van der Waals surface area contributed by atoms with Gasteiger partial charge in [-0.1, -0.05) is 0 Å². The third kappa shape index (κ3) is 3.65. The van der Waals surface area contributed by atoms with Gasteiger partial charge in [0.15, 0.2) is 0 Å². The molecule has 0 fully saturated rings. The Kier molecular flexibility index (Phi) is 5.54. The minimum atomic E-state index is -0.647. The van der Waals surface area contributed by atoms with E-state index in [9.17, 15) is 18.8 Å². The van der Waals surface area contributed by atoms with Gasteiger partial charge >= 0.3 is 11.1 Å². The molecule has 0 radical (unpaired) electrons. The van der Waals surface area contributed by atoms with Gasteiger partial charge in [0.2, 0.25) is 0 Å². The van der Waals surface area contributed by atoms with Crippen LogP contribution in [-0.2, 0) is 14.1 Å². The summed E-state index contributed by atoms with van der Waals surface area (Å²) in [4.78, 5) is 39.2. The smallest absolute Gasteiger partial charge is 0.316 e. The van der Waals surface area contributed by atoms with E-state index in [2.05, 4.69) is 5.32 Å². The van der Waals surface area contributed by atoms with E-state index >= 15 is 0 Å². The number of carbonyl (C=O) groups is 1. The van der Waals surface area contributed by atoms with Gasteiger partial charge in [-0.15, -0.1) is 0 Å². The largest absolute Gasteiger partial charge is 0.370 e. The molecule has 3 rings (SSSR count). The van der Waals surface area contributed by atoms with Gasteiger partial charge in [-0.2, -0.15) is 0 Å². The predicted molar refractivity (Wildman–Crippen MR) is 112 cm³/mol. The molecular formula is C21H23FN4O3. The molecule has 1 amide bonds. The van der Waals surface area contributed by atoms with E-state index in [-0.39, 0.29) is 0 Å². The second kappa shape index (κ2) is 7.90. The molecule has 0 aliphatic rings. The van der Waals surface area contributed by atoms with Gasteiger partial charge in [-0.25, -0.2) is 4.39 Å². The number of rotatable bonds is 5. The summed E-state index contributed by atoms with van der Waals surface area (Å²) in [6, 6.07) is 8.74. The summed E-state index contributed by atoms with van der Waals surface area (Å²) in [6.07, 6.45) is 0. The first-order valence-electron chi connectivity index (χ1n) is 9.34. The minimum absolute atomic E-state index is 0.311. The van der Waals surface area contributed by atoms with E-state index in [1.165, 1.54) is 40.4 Å². The van der Waals surface area contributed by atoms with Crippen LogP contribution in [0.5, 0.6) is 0 Å². The van der Waals surface area contributed by atoms with Crippen molar-refractivity contribution in [1.82, 2.24) is 9.13 Å². The number of hydrogen-bond donors (Lipinski definition) is 1. The fraction of sp³-hybridized carbons (Fsp3) is 0.286. The first-order chi connectivity index (χ1) is 13.8. The maximum absolute atomic E-state index is 13.2. The number of aromatic nitrogens is 2. The summed E-state index contributed by atoms with van der Waals surface area (Å²) in [5.74, 6) is -0.820. The average molecular weight is 398 g/mol. The summed E-state index contributed by atoms with van der Waals surface area (Å²) in [5, 5.41) is 2.86. The second-order valence-electron chi connectivity index (χ2n) is 6.72. The van der Waals surface area contributed by atoms with Crippen LogP contribution in [0.3, 0.4) is 0 Å². The molecule has 0 atom stereocenters. The van der Waals surface area contributed by atoms with Crippen molar-refractivity contribution in [2.45, 2.75) is 13.8 Å². The van der Waals surface area contributed by atoms with Crippen molar-refractivity contribution in [2.75, 3.05) is 23.3 Å². The summed E-state index contributed by atoms with van der Waals surface area (Å²) in [5.41, 5.74) is 1.38. The number of hydrogen-bond acceptors (Lipinski definition) is 4. The quantitative estimate of drug-likeness (QED) is 0.670. The Morgan fingerprint density at radius 1 is 0.966 bits per heavy atom. The predicted octanol–water partition coefficient (Wildman–Crippen LogP) is 2.47. The lowest BCUT2D eigenvalue weighted by atomic mass is 10.1. The van der Waals surface area contributed by atoms with E-state index in [0.717, 1.165) is 5.69 Å². The second-order valence-corrected chi connectivity index (χ2v) is 6.72. The zero-order valence-electron chi connectivity index (χ0n) is 16.8. The van der Waals surface area contributed by atoms with Crippen molar-refractivity contribution in [3.63, 3.8) is 0 Å². The van der Waals surface area contributed by atoms with Crippen LogP contribution in [-0.4, -0.2) is 28.1 Å². The highest BCUT2D eigenvalue weighted by molar-refractivity contribution is 6.07. The molecule has 1 heterocycles. The molecule has 3 aromatic rings. The van der Waals surface area contributed by atoms with Crippen LogP contribution < -0.4 is 21.3 Å². The highest BCUT2D eigenvalue weighted by Crippen LogP contribution is 2.31. The highest BCUT2D eigenvalue weighted by Gasteiger charge is 2.17. The van der Waals surface area contributed by atoms with Crippen molar-refractivity contribution in [3.8, 4) is 0 Å². The lowest BCUT2D eigenvalue weighted by Gasteiger charge is -2.25. The molecule has 1 N–H and O–H groups in total. The maximum Gasteiger partial charge on any atom is 0.316 e. The first kappa shape index (κ1) is 20.3. The Hall–Kier alpha value is -3.42. The molecule has 7 nitrogen and oxygen atoms in total. The van der Waals surface area contributed by atoms with Gasteiger partial charge in [0.25, 0.3) is 5.91 Å². The normalized spacial score (nSPS) is 10.9. The van der Waals surface area contributed by atoms with E-state index in [1.807, 2.05) is 18.7 Å². The number of carbonyl (C=O) groups excluding carboxylic acids is 1. The summed E-state index contributed by atoms with van der Waals surface area (Å²) in [7, 11) is 3.07. The van der Waals surface area contributed by atoms with E-state index in [4.69, 9.17) is 0 Å². The van der Waals surface area contributed by atoms with E-state index < -0.39 is 22.8 Å². The number of fused-ring (bicyclic) bond motifs is 1. The zero-order chi connectivity index (χ0) is 21.3. The van der Waals surface area contributed by atoms with E-state index in [1.54, 1.807) is 19.2 Å². The van der Waals surface area contributed by atoms with Gasteiger partial charge in [0.05, 0.1) is 22.4 Å². The van der Waals surface area contributed by atoms with Gasteiger partial charge in [0, 0.05) is 32.7 Å². The first-order valence-corrected chi connectivity index (χ1v) is 9.34. The molecule has 0 saturated carbocycles. The van der Waals surface area contributed by atoms with Crippen LogP contribution in [0.25, 0.3) is 11.0 Å². The molecule has 0 saturated heterocycles. The van der Waals surface area contributed by atoms with Gasteiger partial charge < -0.3 is 19.4 Å². The Morgan fingerprint density at radius 2 is 1.48 bits per heavy atom. The number of nitrogens with one attached hydrogen (secondary N) is 1. The third-order valence-corrected chi connectivity index (χ3v) is 5.07. The Balaban J connectivity index is 2.21. The number of halogens is 1. The number of amides is 1. The average Bonchev–Trinajstić information content (AvgIpc) is 2.72. The monoisotopic (exact) mass is 398 g/mol. The molecule has 8 heteroatoms. The zero-order valence-corrected chi connectivity index (χ0v) is 16.8. The lowest BCUT2D eigenvalue weighted by Crippen LogP contribution is -2.39. The van der Waals surface area contributed by atoms with Crippen LogP contribution in [0.15, 0.2) is 46.0 Å². The molecule has 0 aliphatic carbocycles. The molecule has 0 bridgehead atoms. The summed E-state index contributed by atoms with van der Waals surface area (Å²) >= 11 is 0. The molecule has 152 valence electrons. The van der Waals surface area contributed by atoms with E-state index in [0.29, 0.717) is 35.4 Å². The summed E-state index contributed by atoms with van der Waals surface area (Å²) in [6.45, 7) is 5.33. The number of benzene rings is 2. The maximum atomic E-state index is 13.2. The topological polar surface area (TPSA) is 76.3 Å². The van der Waals surface area contributed by atoms with Crippen LogP contribution in [0.4, 0.5) is 15.8 Å². The Bertz CT molecular complexity index is 1190. The molecule has 0 unspecified atom stereocenters. The van der Waals surface area contributed by atoms with Crippen LogP contribution >= 0.6 is 0 Å². The standard InChI is InChI=1S/C21H23FN4O3/c1-5-26(6-2)16-12-18-17(24(3)20(28)21(29)25(18)4)11-15(16)23-19(27)13-7-9-14(22)10-8-13/h7-12H,5-6H2,1-4H3,(H,23,27). The third-order valence-electron chi connectivity index (χ3n) is 5.07. The van der Waals surface area contributed by atoms with Crippen LogP contribution in [0.1, 0.15) is 24.2 Å². The lowest BCUT2D eigenvalue weighted by molar-refractivity contribution is 0.102. The summed E-state index contributed by atoms with van der Waals surface area (Å²) < 4.78 is 15.8. The fourth-order valence-corrected chi connectivity index (χ4v) is 3.33. The number of anilines is 2. The fourth-order valence-electron chi connectivity index (χ4n) is 3.33. The molecular weight excluding hydrogens is 375 g/mol. The van der Waals surface area contributed by atoms with Crippen LogP contribution in [0.2, 0.25) is 0 Å². The molecule has 0 aliphatic heterocycles. The van der Waals surface area contributed by atoms with Crippen molar-refractivity contribution >= 4 is 28.3 Å². The molecule has 2 aromatic carbocycles. The molecule has 29 heavy (non-hydrogen) atoms. The van der Waals surface area contributed by atoms with Crippen molar-refractivity contribution < 1.29 is 9.18 Å². The Labute approximate surface area is 167 Å². The molecule has 1 aromatic heterocycles. The Morgan fingerprint density at radius 3 is 2.00 bits per heavy atom. The van der Waals surface area contributed by atoms with Crippen molar-refractivity contribution in [1.29, 1.82) is 0 Å². The number of nitrogens with zero attached hydrogens (tertiary/aromatic N) is 3. The highest BCUT2D eigenvalue weighted by atomic mass is 19.1. The minimum Gasteiger partial charge on any atom is -0.370 e.